The number of sulfone groups is 1. The quantitative estimate of drug-likeness (QED) is 0.613. The van der Waals surface area contributed by atoms with E-state index < -0.39 is 15.9 Å². The van der Waals surface area contributed by atoms with Gasteiger partial charge in [0.1, 0.15) is 9.84 Å². The minimum atomic E-state index is -2.84. The fraction of sp³-hybridized carbons (Fsp3) is 1.00. The van der Waals surface area contributed by atoms with E-state index in [0.717, 1.165) is 6.42 Å². The molecule has 0 aliphatic heterocycles. The Morgan fingerprint density at radius 3 is 2.50 bits per heavy atom. The number of hydrogen-bond donors (Lipinski definition) is 1. The summed E-state index contributed by atoms with van der Waals surface area (Å²) in [6, 6.07) is 0. The predicted molar refractivity (Wildman–Crippen MR) is 56.1 cm³/mol. The average Bonchev–Trinajstić information content (AvgIpc) is 2.13. The summed E-state index contributed by atoms with van der Waals surface area (Å²) in [4.78, 5) is 0. The van der Waals surface area contributed by atoms with Gasteiger partial charge in [-0.2, -0.15) is 0 Å². The fourth-order valence-corrected chi connectivity index (χ4v) is 2.05. The molecule has 0 aromatic rings. The molecule has 0 bridgehead atoms. The molecule has 86 valence electrons. The Morgan fingerprint density at radius 2 is 2.00 bits per heavy atom. The van der Waals surface area contributed by atoms with Crippen LogP contribution in [-0.4, -0.2) is 44.9 Å². The van der Waals surface area contributed by atoms with Gasteiger partial charge in [-0.3, -0.25) is 0 Å². The highest BCUT2D eigenvalue weighted by Gasteiger charge is 2.08. The molecule has 5 heteroatoms. The van der Waals surface area contributed by atoms with Crippen LogP contribution in [0.25, 0.3) is 0 Å². The number of ether oxygens (including phenoxy) is 1. The lowest BCUT2D eigenvalue weighted by Gasteiger charge is -2.08. The van der Waals surface area contributed by atoms with Crippen molar-refractivity contribution in [2.24, 2.45) is 0 Å². The van der Waals surface area contributed by atoms with Crippen LogP contribution in [-0.2, 0) is 14.6 Å². The summed E-state index contributed by atoms with van der Waals surface area (Å²) in [5.41, 5.74) is 0. The number of methoxy groups -OCH3 is 1. The van der Waals surface area contributed by atoms with E-state index >= 15 is 0 Å². The van der Waals surface area contributed by atoms with E-state index in [1.54, 1.807) is 6.92 Å². The van der Waals surface area contributed by atoms with Crippen LogP contribution in [0, 0.1) is 0 Å². The normalized spacial score (nSPS) is 14.2. The maximum Gasteiger partial charge on any atom is 0.150 e. The number of hydrogen-bond acceptors (Lipinski definition) is 4. The van der Waals surface area contributed by atoms with Crippen molar-refractivity contribution >= 4 is 9.84 Å². The van der Waals surface area contributed by atoms with Crippen LogP contribution in [0.5, 0.6) is 0 Å². The zero-order valence-electron chi connectivity index (χ0n) is 8.90. The second-order valence-electron chi connectivity index (χ2n) is 3.34. The molecule has 14 heavy (non-hydrogen) atoms. The van der Waals surface area contributed by atoms with Crippen LogP contribution < -0.4 is 0 Å². The maximum absolute atomic E-state index is 11.1. The molecule has 1 atom stereocenters. The van der Waals surface area contributed by atoms with E-state index in [1.807, 2.05) is 0 Å². The minimum Gasteiger partial charge on any atom is -0.391 e. The van der Waals surface area contributed by atoms with Crippen molar-refractivity contribution in [1.29, 1.82) is 0 Å². The molecule has 0 spiro atoms. The molecule has 1 unspecified atom stereocenters. The van der Waals surface area contributed by atoms with Crippen LogP contribution in [0.1, 0.15) is 26.2 Å². The number of aliphatic hydroxyl groups excluding tert-OH is 1. The highest BCUT2D eigenvalue weighted by molar-refractivity contribution is 7.91. The first-order valence-electron chi connectivity index (χ1n) is 4.89. The van der Waals surface area contributed by atoms with Crippen molar-refractivity contribution < 1.29 is 18.3 Å². The van der Waals surface area contributed by atoms with Crippen molar-refractivity contribution in [1.82, 2.24) is 0 Å². The lowest BCUT2D eigenvalue weighted by molar-refractivity contribution is 0.0579. The second kappa shape index (κ2) is 7.20. The zero-order chi connectivity index (χ0) is 11.0. The van der Waals surface area contributed by atoms with E-state index in [4.69, 9.17) is 4.74 Å². The van der Waals surface area contributed by atoms with Gasteiger partial charge in [-0.1, -0.05) is 6.92 Å². The van der Waals surface area contributed by atoms with Crippen molar-refractivity contribution in [3.63, 3.8) is 0 Å². The molecule has 0 saturated carbocycles. The number of unbranched alkanes of at least 4 members (excludes halogenated alkanes) is 1. The van der Waals surface area contributed by atoms with Gasteiger partial charge >= 0.3 is 0 Å². The average molecular weight is 224 g/mol. The third-order valence-electron chi connectivity index (χ3n) is 2.04. The van der Waals surface area contributed by atoms with E-state index in [-0.39, 0.29) is 11.5 Å². The highest BCUT2D eigenvalue weighted by atomic mass is 32.2. The summed E-state index contributed by atoms with van der Waals surface area (Å²) < 4.78 is 26.9. The van der Waals surface area contributed by atoms with Crippen LogP contribution in [0.3, 0.4) is 0 Å². The number of rotatable bonds is 8. The molecular weight excluding hydrogens is 204 g/mol. The molecule has 0 rings (SSSR count). The molecule has 1 N–H and O–H groups in total. The van der Waals surface area contributed by atoms with Crippen LogP contribution in [0.15, 0.2) is 0 Å². The predicted octanol–water partition coefficient (Wildman–Crippen LogP) is 0.599. The topological polar surface area (TPSA) is 63.6 Å². The minimum absolute atomic E-state index is 0.202. The Morgan fingerprint density at radius 1 is 1.36 bits per heavy atom. The molecule has 0 radical (unpaired) electrons. The first-order valence-corrected chi connectivity index (χ1v) is 6.71. The smallest absolute Gasteiger partial charge is 0.150 e. The van der Waals surface area contributed by atoms with E-state index in [9.17, 15) is 13.5 Å². The monoisotopic (exact) mass is 224 g/mol. The largest absolute Gasteiger partial charge is 0.391 e. The van der Waals surface area contributed by atoms with Crippen molar-refractivity contribution in [3.05, 3.63) is 0 Å². The maximum atomic E-state index is 11.1. The van der Waals surface area contributed by atoms with Gasteiger partial charge in [0.05, 0.1) is 18.5 Å². The van der Waals surface area contributed by atoms with E-state index in [2.05, 4.69) is 0 Å². The zero-order valence-corrected chi connectivity index (χ0v) is 9.72. The number of aliphatic hydroxyl groups is 1. The van der Waals surface area contributed by atoms with Gasteiger partial charge in [0.25, 0.3) is 0 Å². The summed E-state index contributed by atoms with van der Waals surface area (Å²) in [7, 11) is -1.31. The van der Waals surface area contributed by atoms with Crippen molar-refractivity contribution in [2.75, 3.05) is 25.2 Å². The molecule has 0 heterocycles. The van der Waals surface area contributed by atoms with Gasteiger partial charge < -0.3 is 9.84 Å². The summed E-state index contributed by atoms with van der Waals surface area (Å²) >= 11 is 0. The first kappa shape index (κ1) is 13.9. The molecule has 0 fully saturated rings. The summed E-state index contributed by atoms with van der Waals surface area (Å²) in [5.74, 6) is 0.427. The van der Waals surface area contributed by atoms with Gasteiger partial charge in [-0.25, -0.2) is 8.42 Å². The molecule has 0 aromatic carbocycles. The van der Waals surface area contributed by atoms with Gasteiger partial charge in [0, 0.05) is 12.9 Å². The lowest BCUT2D eigenvalue weighted by atomic mass is 10.2. The van der Waals surface area contributed by atoms with Crippen LogP contribution in [0.4, 0.5) is 0 Å². The summed E-state index contributed by atoms with van der Waals surface area (Å²) in [5, 5.41) is 9.26. The Bertz CT molecular complexity index is 223. The third kappa shape index (κ3) is 7.29. The van der Waals surface area contributed by atoms with Crippen LogP contribution in [0.2, 0.25) is 0 Å². The third-order valence-corrected chi connectivity index (χ3v) is 3.83. The Hall–Kier alpha value is -0.130. The van der Waals surface area contributed by atoms with E-state index in [0.29, 0.717) is 19.4 Å². The lowest BCUT2D eigenvalue weighted by Crippen LogP contribution is -2.14. The summed E-state index contributed by atoms with van der Waals surface area (Å²) in [6.07, 6.45) is 1.48. The molecule has 0 aliphatic rings. The molecule has 0 amide bonds. The molecular formula is C9H20O4S. The van der Waals surface area contributed by atoms with Gasteiger partial charge in [-0.05, 0) is 19.3 Å². The van der Waals surface area contributed by atoms with Crippen molar-refractivity contribution in [3.8, 4) is 0 Å². The molecule has 0 saturated heterocycles. The Balaban J connectivity index is 3.47. The van der Waals surface area contributed by atoms with Gasteiger partial charge in [0.15, 0.2) is 0 Å². The van der Waals surface area contributed by atoms with Crippen molar-refractivity contribution in [2.45, 2.75) is 32.3 Å². The fourth-order valence-electron chi connectivity index (χ4n) is 1.12. The van der Waals surface area contributed by atoms with Crippen LogP contribution >= 0.6 is 0 Å². The highest BCUT2D eigenvalue weighted by Crippen LogP contribution is 2.04. The van der Waals surface area contributed by atoms with E-state index in [1.165, 1.54) is 7.11 Å². The Labute approximate surface area is 86.2 Å². The van der Waals surface area contributed by atoms with Gasteiger partial charge in [-0.15, -0.1) is 0 Å². The summed E-state index contributed by atoms with van der Waals surface area (Å²) in [6.45, 7) is 1.97. The second-order valence-corrected chi connectivity index (χ2v) is 5.81. The molecule has 0 aromatic heterocycles. The Kier molecular flexibility index (Phi) is 7.13. The first-order chi connectivity index (χ1) is 6.52. The SMILES string of the molecule is CCS(=O)(=O)CCCCC(O)COC. The van der Waals surface area contributed by atoms with Gasteiger partial charge in [0.2, 0.25) is 0 Å². The molecule has 4 nitrogen and oxygen atoms in total. The molecule has 0 aliphatic carbocycles. The standard InChI is InChI=1S/C9H20O4S/c1-3-14(11,12)7-5-4-6-9(10)8-13-2/h9-10H,3-8H2,1-2H3.